The molecule has 0 saturated carbocycles. The van der Waals surface area contributed by atoms with E-state index in [1.54, 1.807) is 0 Å². The average molecular weight is 1050 g/mol. The lowest BCUT2D eigenvalue weighted by molar-refractivity contribution is -0.301. The molecular formula is C59H116O12S. The number of aliphatic hydroxyl groups is 3. The van der Waals surface area contributed by atoms with Crippen LogP contribution in [-0.2, 0) is 38.3 Å². The Labute approximate surface area is 443 Å². The zero-order chi connectivity index (χ0) is 52.4. The molecule has 0 aromatic heterocycles. The van der Waals surface area contributed by atoms with Crippen LogP contribution in [0.3, 0.4) is 0 Å². The molecule has 430 valence electrons. The summed E-state index contributed by atoms with van der Waals surface area (Å²) < 4.78 is 59.5. The van der Waals surface area contributed by atoms with Crippen LogP contribution in [0.1, 0.15) is 309 Å². The summed E-state index contributed by atoms with van der Waals surface area (Å²) in [4.78, 5) is 13.0. The molecule has 0 amide bonds. The highest BCUT2D eigenvalue weighted by atomic mass is 32.3. The summed E-state index contributed by atoms with van der Waals surface area (Å²) in [6.07, 6.45) is 50.1. The zero-order valence-corrected chi connectivity index (χ0v) is 47.6. The quantitative estimate of drug-likeness (QED) is 0.0258. The summed E-state index contributed by atoms with van der Waals surface area (Å²) in [7, 11) is -5.06. The van der Waals surface area contributed by atoms with Gasteiger partial charge in [0.2, 0.25) is 0 Å². The molecule has 6 unspecified atom stereocenters. The highest BCUT2D eigenvalue weighted by Gasteiger charge is 2.48. The summed E-state index contributed by atoms with van der Waals surface area (Å²) in [5.74, 6) is -0.388. The number of hydrogen-bond donors (Lipinski definition) is 4. The molecule has 6 atom stereocenters. The van der Waals surface area contributed by atoms with Crippen molar-refractivity contribution in [3.63, 3.8) is 0 Å². The third-order valence-electron chi connectivity index (χ3n) is 14.7. The van der Waals surface area contributed by atoms with E-state index in [-0.39, 0.29) is 25.6 Å². The Morgan fingerprint density at radius 3 is 1.11 bits per heavy atom. The number of aliphatic hydroxyl groups excluding tert-OH is 3. The third-order valence-corrected chi connectivity index (χ3v) is 15.2. The van der Waals surface area contributed by atoms with Crippen molar-refractivity contribution in [3.8, 4) is 0 Å². The molecule has 1 saturated heterocycles. The minimum atomic E-state index is -5.06. The van der Waals surface area contributed by atoms with E-state index in [0.717, 1.165) is 38.5 Å². The second-order valence-corrected chi connectivity index (χ2v) is 22.7. The monoisotopic (exact) mass is 1050 g/mol. The van der Waals surface area contributed by atoms with Gasteiger partial charge in [0.25, 0.3) is 0 Å². The van der Waals surface area contributed by atoms with Crippen molar-refractivity contribution in [1.29, 1.82) is 0 Å². The van der Waals surface area contributed by atoms with Crippen LogP contribution in [0.25, 0.3) is 0 Å². The molecule has 1 rings (SSSR count). The van der Waals surface area contributed by atoms with Crippen molar-refractivity contribution in [2.75, 3.05) is 26.4 Å². The second-order valence-electron chi connectivity index (χ2n) is 21.7. The minimum absolute atomic E-state index is 0.0458. The number of unbranched alkanes of at least 4 members (excludes halogenated alkanes) is 43. The van der Waals surface area contributed by atoms with Crippen molar-refractivity contribution in [1.82, 2.24) is 0 Å². The van der Waals surface area contributed by atoms with Crippen LogP contribution in [0, 0.1) is 0 Å². The van der Waals surface area contributed by atoms with Gasteiger partial charge in [0.1, 0.15) is 30.5 Å². The van der Waals surface area contributed by atoms with Crippen LogP contribution in [-0.4, -0.2) is 97.5 Å². The molecular weight excluding hydrogens is 933 g/mol. The molecule has 1 fully saturated rings. The van der Waals surface area contributed by atoms with E-state index in [9.17, 15) is 33.1 Å². The van der Waals surface area contributed by atoms with Gasteiger partial charge >= 0.3 is 16.4 Å². The maximum Gasteiger partial charge on any atom is 0.397 e. The van der Waals surface area contributed by atoms with Gasteiger partial charge in [-0.25, -0.2) is 4.18 Å². The standard InChI is InChI=1S/C59H116O12S/c1-3-5-7-9-11-13-15-17-19-21-23-25-27-28-30-32-34-36-38-40-42-44-46-48-55(61)69-53(52-68-59-57(63)58(71-72(64,65)66)56(62)54(50-60)70-59)51-67-49-47-45-43-41-39-37-35-33-31-29-26-24-22-20-18-16-14-12-10-8-6-4-2/h53-54,56-60,62-63H,3-52H2,1-2H3,(H,64,65,66). The van der Waals surface area contributed by atoms with Gasteiger partial charge in [0, 0.05) is 13.0 Å². The largest absolute Gasteiger partial charge is 0.457 e. The Kier molecular flexibility index (Phi) is 48.9. The smallest absolute Gasteiger partial charge is 0.397 e. The van der Waals surface area contributed by atoms with E-state index in [1.165, 1.54) is 244 Å². The Morgan fingerprint density at radius 2 is 0.792 bits per heavy atom. The Balaban J connectivity index is 2.24. The molecule has 72 heavy (non-hydrogen) atoms. The molecule has 4 N–H and O–H groups in total. The highest BCUT2D eigenvalue weighted by Crippen LogP contribution is 2.26. The lowest BCUT2D eigenvalue weighted by Gasteiger charge is -2.41. The summed E-state index contributed by atoms with van der Waals surface area (Å²) in [5.41, 5.74) is 0. The van der Waals surface area contributed by atoms with Gasteiger partial charge in [-0.05, 0) is 12.8 Å². The average Bonchev–Trinajstić information content (AvgIpc) is 3.36. The molecule has 13 heteroatoms. The highest BCUT2D eigenvalue weighted by molar-refractivity contribution is 7.80. The molecule has 0 aromatic carbocycles. The third kappa shape index (κ3) is 43.2. The molecule has 1 aliphatic heterocycles. The van der Waals surface area contributed by atoms with E-state index in [4.69, 9.17) is 18.9 Å². The molecule has 12 nitrogen and oxygen atoms in total. The number of carbonyl (C=O) groups excluding carboxylic acids is 1. The molecule has 0 aromatic rings. The molecule has 0 radical (unpaired) electrons. The molecule has 0 spiro atoms. The summed E-state index contributed by atoms with van der Waals surface area (Å²) in [6.45, 7) is 4.09. The predicted octanol–water partition coefficient (Wildman–Crippen LogP) is 15.5. The number of esters is 1. The summed E-state index contributed by atoms with van der Waals surface area (Å²) in [5, 5.41) is 30.9. The van der Waals surface area contributed by atoms with Gasteiger partial charge in [0.05, 0.1) is 19.8 Å². The minimum Gasteiger partial charge on any atom is -0.457 e. The van der Waals surface area contributed by atoms with E-state index < -0.39 is 53.8 Å². The lowest BCUT2D eigenvalue weighted by atomic mass is 9.99. The molecule has 1 heterocycles. The van der Waals surface area contributed by atoms with Crippen molar-refractivity contribution >= 4 is 16.4 Å². The van der Waals surface area contributed by atoms with Gasteiger partial charge in [-0.2, -0.15) is 8.42 Å². The molecule has 0 aliphatic carbocycles. The fraction of sp³-hybridized carbons (Fsp3) is 0.983. The van der Waals surface area contributed by atoms with Crippen molar-refractivity contribution in [2.24, 2.45) is 0 Å². The Morgan fingerprint density at radius 1 is 0.472 bits per heavy atom. The summed E-state index contributed by atoms with van der Waals surface area (Å²) >= 11 is 0. The topological polar surface area (TPSA) is 178 Å². The van der Waals surface area contributed by atoms with Gasteiger partial charge in [-0.3, -0.25) is 9.35 Å². The van der Waals surface area contributed by atoms with Crippen LogP contribution in [0.4, 0.5) is 0 Å². The van der Waals surface area contributed by atoms with E-state index in [1.807, 2.05) is 0 Å². The van der Waals surface area contributed by atoms with Gasteiger partial charge < -0.3 is 34.3 Å². The van der Waals surface area contributed by atoms with Gasteiger partial charge in [-0.15, -0.1) is 0 Å². The van der Waals surface area contributed by atoms with Crippen LogP contribution >= 0.6 is 0 Å². The van der Waals surface area contributed by atoms with Crippen LogP contribution in [0.5, 0.6) is 0 Å². The molecule has 1 aliphatic rings. The van der Waals surface area contributed by atoms with E-state index in [2.05, 4.69) is 18.0 Å². The number of ether oxygens (including phenoxy) is 4. The molecule has 0 bridgehead atoms. The van der Waals surface area contributed by atoms with Crippen molar-refractivity contribution in [2.45, 2.75) is 346 Å². The predicted molar refractivity (Wildman–Crippen MR) is 295 cm³/mol. The zero-order valence-electron chi connectivity index (χ0n) is 46.8. The van der Waals surface area contributed by atoms with Crippen LogP contribution in [0.2, 0.25) is 0 Å². The number of hydrogen-bond acceptors (Lipinski definition) is 11. The van der Waals surface area contributed by atoms with E-state index >= 15 is 0 Å². The summed E-state index contributed by atoms with van der Waals surface area (Å²) in [6, 6.07) is 0. The number of rotatable bonds is 56. The SMILES string of the molecule is CCCCCCCCCCCCCCCCCCCCCCCCCC(=O)OC(COCCCCCCCCCCCCCCCCCCCCCCCC)COC1OC(CO)C(O)C(OS(=O)(=O)O)C1O. The Bertz CT molecular complexity index is 1260. The number of carbonyl (C=O) groups is 1. The van der Waals surface area contributed by atoms with Gasteiger partial charge in [-0.1, -0.05) is 290 Å². The fourth-order valence-corrected chi connectivity index (χ4v) is 10.6. The first-order chi connectivity index (χ1) is 35.1. The second kappa shape index (κ2) is 50.9. The van der Waals surface area contributed by atoms with Crippen molar-refractivity contribution in [3.05, 3.63) is 0 Å². The maximum absolute atomic E-state index is 13.0. The fourth-order valence-electron chi connectivity index (χ4n) is 10.1. The van der Waals surface area contributed by atoms with Gasteiger partial charge in [0.15, 0.2) is 6.29 Å². The first-order valence-corrected chi connectivity index (χ1v) is 32.2. The van der Waals surface area contributed by atoms with Crippen molar-refractivity contribution < 1.29 is 56.2 Å². The van der Waals surface area contributed by atoms with Crippen LogP contribution < -0.4 is 0 Å². The normalized spacial score (nSPS) is 18.8. The maximum atomic E-state index is 13.0. The van der Waals surface area contributed by atoms with E-state index in [0.29, 0.717) is 13.0 Å². The van der Waals surface area contributed by atoms with Crippen LogP contribution in [0.15, 0.2) is 0 Å². The lowest BCUT2D eigenvalue weighted by Crippen LogP contribution is -2.60. The first kappa shape index (κ1) is 69.1. The Hall–Kier alpha value is -0.900. The first-order valence-electron chi connectivity index (χ1n) is 30.8.